The molecule has 0 saturated heterocycles. The van der Waals surface area contributed by atoms with Gasteiger partial charge in [0.25, 0.3) is 0 Å². The van der Waals surface area contributed by atoms with Gasteiger partial charge in [-0.1, -0.05) is 19.9 Å². The molecule has 0 heterocycles. The monoisotopic (exact) mass is 266 g/mol. The molecule has 0 unspecified atom stereocenters. The van der Waals surface area contributed by atoms with E-state index in [1.165, 1.54) is 18.2 Å². The largest absolute Gasteiger partial charge is 0.454 e. The van der Waals surface area contributed by atoms with E-state index >= 15 is 0 Å². The van der Waals surface area contributed by atoms with Crippen molar-refractivity contribution in [3.63, 3.8) is 0 Å². The Balaban J connectivity index is 2.40. The van der Waals surface area contributed by atoms with Gasteiger partial charge in [0.05, 0.1) is 0 Å². The maximum atomic E-state index is 14.1. The van der Waals surface area contributed by atoms with Crippen LogP contribution in [0.15, 0.2) is 36.4 Å². The summed E-state index contributed by atoms with van der Waals surface area (Å²) in [7, 11) is 0. The molecule has 0 aliphatic heterocycles. The summed E-state index contributed by atoms with van der Waals surface area (Å²) in [6, 6.07) is 7.35. The first-order chi connectivity index (χ1) is 8.97. The molecule has 4 heteroatoms. The minimum absolute atomic E-state index is 0.124. The van der Waals surface area contributed by atoms with Gasteiger partial charge >= 0.3 is 0 Å². The van der Waals surface area contributed by atoms with Gasteiger partial charge in [0.2, 0.25) is 0 Å². The highest BCUT2D eigenvalue weighted by molar-refractivity contribution is 5.37. The van der Waals surface area contributed by atoms with Crippen LogP contribution >= 0.6 is 0 Å². The van der Waals surface area contributed by atoms with Gasteiger partial charge in [0, 0.05) is 12.1 Å². The van der Waals surface area contributed by atoms with Gasteiger partial charge in [-0.15, -0.1) is 0 Å². The highest BCUT2D eigenvalue weighted by atomic mass is 19.1. The summed E-state index contributed by atoms with van der Waals surface area (Å²) in [6.45, 7) is 3.51. The van der Waals surface area contributed by atoms with Crippen LogP contribution in [0, 0.1) is 17.5 Å². The molecule has 0 saturated carbocycles. The van der Waals surface area contributed by atoms with Crippen LogP contribution in [0.4, 0.5) is 13.2 Å². The summed E-state index contributed by atoms with van der Waals surface area (Å²) >= 11 is 0. The van der Waals surface area contributed by atoms with E-state index in [-0.39, 0.29) is 23.0 Å². The van der Waals surface area contributed by atoms with Crippen molar-refractivity contribution in [2.75, 3.05) is 0 Å². The Hall–Kier alpha value is -1.97. The first-order valence-electron chi connectivity index (χ1n) is 5.89. The number of hydrogen-bond acceptors (Lipinski definition) is 1. The fourth-order valence-electron chi connectivity index (χ4n) is 1.74. The average molecular weight is 266 g/mol. The predicted octanol–water partition coefficient (Wildman–Crippen LogP) is 5.02. The second-order valence-electron chi connectivity index (χ2n) is 4.52. The van der Waals surface area contributed by atoms with E-state index in [9.17, 15) is 13.2 Å². The molecule has 0 bridgehead atoms. The molecule has 2 rings (SSSR count). The molecule has 0 aliphatic rings. The lowest BCUT2D eigenvalue weighted by atomic mass is 10.0. The summed E-state index contributed by atoms with van der Waals surface area (Å²) < 4.78 is 45.7. The van der Waals surface area contributed by atoms with E-state index in [2.05, 4.69) is 0 Å². The van der Waals surface area contributed by atoms with Crippen LogP contribution in [-0.2, 0) is 0 Å². The molecule has 0 spiro atoms. The van der Waals surface area contributed by atoms with Crippen LogP contribution in [0.5, 0.6) is 11.5 Å². The molecule has 0 aromatic heterocycles. The van der Waals surface area contributed by atoms with E-state index in [1.807, 2.05) is 0 Å². The number of halogens is 3. The van der Waals surface area contributed by atoms with Crippen molar-refractivity contribution in [2.45, 2.75) is 19.8 Å². The van der Waals surface area contributed by atoms with Gasteiger partial charge in [-0.05, 0) is 29.7 Å². The maximum absolute atomic E-state index is 14.1. The third-order valence-corrected chi connectivity index (χ3v) is 2.68. The zero-order chi connectivity index (χ0) is 14.0. The molecule has 0 N–H and O–H groups in total. The second kappa shape index (κ2) is 5.34. The fourth-order valence-corrected chi connectivity index (χ4v) is 1.74. The van der Waals surface area contributed by atoms with Gasteiger partial charge in [0.1, 0.15) is 17.4 Å². The van der Waals surface area contributed by atoms with Crippen molar-refractivity contribution in [3.8, 4) is 11.5 Å². The van der Waals surface area contributed by atoms with Crippen molar-refractivity contribution in [1.29, 1.82) is 0 Å². The van der Waals surface area contributed by atoms with Gasteiger partial charge in [-0.2, -0.15) is 0 Å². The number of benzene rings is 2. The molecule has 0 amide bonds. The van der Waals surface area contributed by atoms with Gasteiger partial charge in [0.15, 0.2) is 11.6 Å². The van der Waals surface area contributed by atoms with Gasteiger partial charge in [-0.3, -0.25) is 0 Å². The standard InChI is InChI=1S/C15H13F3O/c1-9(2)13-7-11(17)8-14(15(13)18)19-12-5-3-4-10(16)6-12/h3-9H,1-2H3. The van der Waals surface area contributed by atoms with Crippen molar-refractivity contribution in [1.82, 2.24) is 0 Å². The minimum atomic E-state index is -0.624. The Bertz CT molecular complexity index is 594. The molecule has 2 aromatic carbocycles. The quantitative estimate of drug-likeness (QED) is 0.758. The zero-order valence-electron chi connectivity index (χ0n) is 10.6. The number of rotatable bonds is 3. The molecule has 100 valence electrons. The summed E-state index contributed by atoms with van der Waals surface area (Å²) in [5, 5.41) is 0. The fraction of sp³-hybridized carbons (Fsp3) is 0.200. The molecular formula is C15H13F3O. The van der Waals surface area contributed by atoms with E-state index in [1.54, 1.807) is 13.8 Å². The molecule has 1 nitrogen and oxygen atoms in total. The van der Waals surface area contributed by atoms with E-state index < -0.39 is 17.5 Å². The molecule has 0 aliphatic carbocycles. The highest BCUT2D eigenvalue weighted by Gasteiger charge is 2.15. The smallest absolute Gasteiger partial charge is 0.169 e. The minimum Gasteiger partial charge on any atom is -0.454 e. The van der Waals surface area contributed by atoms with Crippen LogP contribution in [-0.4, -0.2) is 0 Å². The molecule has 2 aromatic rings. The Kier molecular flexibility index (Phi) is 3.79. The van der Waals surface area contributed by atoms with Crippen LogP contribution in [0.3, 0.4) is 0 Å². The lowest BCUT2D eigenvalue weighted by molar-refractivity contribution is 0.427. The first-order valence-corrected chi connectivity index (χ1v) is 5.89. The van der Waals surface area contributed by atoms with Crippen molar-refractivity contribution >= 4 is 0 Å². The summed E-state index contributed by atoms with van der Waals surface area (Å²) in [4.78, 5) is 0. The van der Waals surface area contributed by atoms with Crippen molar-refractivity contribution < 1.29 is 17.9 Å². The Morgan fingerprint density at radius 3 is 2.32 bits per heavy atom. The van der Waals surface area contributed by atoms with Crippen LogP contribution in [0.1, 0.15) is 25.3 Å². The molecule has 0 fully saturated rings. The van der Waals surface area contributed by atoms with Gasteiger partial charge < -0.3 is 4.74 Å². The normalized spacial score (nSPS) is 10.8. The predicted molar refractivity (Wildman–Crippen MR) is 66.9 cm³/mol. The second-order valence-corrected chi connectivity index (χ2v) is 4.52. The molecule has 0 radical (unpaired) electrons. The topological polar surface area (TPSA) is 9.23 Å². The Morgan fingerprint density at radius 2 is 1.68 bits per heavy atom. The molecule has 0 atom stereocenters. The summed E-state index contributed by atoms with van der Waals surface area (Å²) in [6.07, 6.45) is 0. The SMILES string of the molecule is CC(C)c1cc(F)cc(Oc2cccc(F)c2)c1F. The van der Waals surface area contributed by atoms with Crippen LogP contribution < -0.4 is 4.74 Å². The first kappa shape index (κ1) is 13.5. The van der Waals surface area contributed by atoms with Gasteiger partial charge in [-0.25, -0.2) is 13.2 Å². The zero-order valence-corrected chi connectivity index (χ0v) is 10.6. The van der Waals surface area contributed by atoms with Crippen LogP contribution in [0.2, 0.25) is 0 Å². The van der Waals surface area contributed by atoms with E-state index in [0.717, 1.165) is 18.2 Å². The van der Waals surface area contributed by atoms with Crippen molar-refractivity contribution in [2.24, 2.45) is 0 Å². The Morgan fingerprint density at radius 1 is 0.947 bits per heavy atom. The van der Waals surface area contributed by atoms with E-state index in [4.69, 9.17) is 4.74 Å². The summed E-state index contributed by atoms with van der Waals surface area (Å²) in [5.74, 6) is -2.00. The Labute approximate surface area is 109 Å². The third kappa shape index (κ3) is 3.08. The highest BCUT2D eigenvalue weighted by Crippen LogP contribution is 2.31. The average Bonchev–Trinajstić information content (AvgIpc) is 2.33. The lowest BCUT2D eigenvalue weighted by Crippen LogP contribution is -1.98. The summed E-state index contributed by atoms with van der Waals surface area (Å²) in [5.41, 5.74) is 0.228. The molecule has 19 heavy (non-hydrogen) atoms. The number of hydrogen-bond donors (Lipinski definition) is 0. The third-order valence-electron chi connectivity index (χ3n) is 2.68. The van der Waals surface area contributed by atoms with Crippen molar-refractivity contribution in [3.05, 3.63) is 59.4 Å². The molecular weight excluding hydrogens is 253 g/mol. The number of ether oxygens (including phenoxy) is 1. The lowest BCUT2D eigenvalue weighted by Gasteiger charge is -2.12. The van der Waals surface area contributed by atoms with E-state index in [0.29, 0.717) is 0 Å². The maximum Gasteiger partial charge on any atom is 0.169 e. The van der Waals surface area contributed by atoms with Crippen LogP contribution in [0.25, 0.3) is 0 Å².